The van der Waals surface area contributed by atoms with Crippen molar-refractivity contribution in [1.29, 1.82) is 0 Å². The number of aliphatic hydroxyl groups excluding tert-OH is 1. The van der Waals surface area contributed by atoms with Crippen LogP contribution in [0.3, 0.4) is 0 Å². The molecule has 1 heterocycles. The van der Waals surface area contributed by atoms with E-state index in [2.05, 4.69) is 25.9 Å². The molecule has 16 heavy (non-hydrogen) atoms. The van der Waals surface area contributed by atoms with E-state index in [0.717, 1.165) is 15.4 Å². The van der Waals surface area contributed by atoms with Crippen LogP contribution in [0.2, 0.25) is 0 Å². The van der Waals surface area contributed by atoms with Crippen LogP contribution in [0.25, 0.3) is 10.9 Å². The van der Waals surface area contributed by atoms with Crippen LogP contribution >= 0.6 is 15.9 Å². The van der Waals surface area contributed by atoms with E-state index in [4.69, 9.17) is 10.8 Å². The van der Waals surface area contributed by atoms with Gasteiger partial charge in [0.25, 0.3) is 0 Å². The van der Waals surface area contributed by atoms with E-state index in [9.17, 15) is 0 Å². The number of anilines is 1. The van der Waals surface area contributed by atoms with Crippen LogP contribution in [0.4, 0.5) is 5.82 Å². The zero-order chi connectivity index (χ0) is 11.5. The van der Waals surface area contributed by atoms with Gasteiger partial charge >= 0.3 is 0 Å². The van der Waals surface area contributed by atoms with Crippen LogP contribution < -0.4 is 5.73 Å². The normalized spacial score (nSPS) is 10.9. The van der Waals surface area contributed by atoms with Gasteiger partial charge in [-0.05, 0) is 24.6 Å². The van der Waals surface area contributed by atoms with Gasteiger partial charge in [-0.15, -0.1) is 0 Å². The van der Waals surface area contributed by atoms with Crippen molar-refractivity contribution in [2.45, 2.75) is 12.8 Å². The van der Waals surface area contributed by atoms with Gasteiger partial charge in [0.1, 0.15) is 11.6 Å². The topological polar surface area (TPSA) is 72.0 Å². The van der Waals surface area contributed by atoms with Gasteiger partial charge in [0.05, 0.1) is 5.52 Å². The fourth-order valence-electron chi connectivity index (χ4n) is 1.53. The molecule has 3 N–H and O–H groups in total. The molecule has 2 rings (SSSR count). The average molecular weight is 282 g/mol. The first kappa shape index (κ1) is 11.3. The van der Waals surface area contributed by atoms with Crippen LogP contribution in [0.15, 0.2) is 22.7 Å². The second kappa shape index (κ2) is 4.76. The van der Waals surface area contributed by atoms with Gasteiger partial charge in [0.2, 0.25) is 0 Å². The minimum Gasteiger partial charge on any atom is -0.396 e. The van der Waals surface area contributed by atoms with Crippen molar-refractivity contribution in [3.8, 4) is 0 Å². The van der Waals surface area contributed by atoms with Gasteiger partial charge in [-0.1, -0.05) is 15.9 Å². The average Bonchev–Trinajstić information content (AvgIpc) is 2.25. The molecular weight excluding hydrogens is 270 g/mol. The van der Waals surface area contributed by atoms with E-state index in [1.165, 1.54) is 0 Å². The number of hydrogen-bond acceptors (Lipinski definition) is 4. The summed E-state index contributed by atoms with van der Waals surface area (Å²) in [5.41, 5.74) is 6.68. The summed E-state index contributed by atoms with van der Waals surface area (Å²) >= 11 is 3.39. The maximum atomic E-state index is 8.76. The number of nitrogens with zero attached hydrogens (tertiary/aromatic N) is 2. The van der Waals surface area contributed by atoms with Crippen molar-refractivity contribution in [2.24, 2.45) is 0 Å². The molecule has 0 bridgehead atoms. The Bertz CT molecular complexity index is 516. The lowest BCUT2D eigenvalue weighted by Crippen LogP contribution is -2.02. The van der Waals surface area contributed by atoms with Crippen LogP contribution in [0.1, 0.15) is 12.2 Å². The van der Waals surface area contributed by atoms with E-state index in [-0.39, 0.29) is 6.61 Å². The minimum atomic E-state index is 0.139. The van der Waals surface area contributed by atoms with Gasteiger partial charge in [-0.2, -0.15) is 0 Å². The Labute approximate surface area is 102 Å². The number of nitrogen functional groups attached to an aromatic ring is 1. The zero-order valence-electron chi connectivity index (χ0n) is 8.65. The summed E-state index contributed by atoms with van der Waals surface area (Å²) in [5, 5.41) is 9.62. The number of halogens is 1. The molecule has 1 aromatic heterocycles. The number of aliphatic hydroxyl groups is 1. The largest absolute Gasteiger partial charge is 0.396 e. The van der Waals surface area contributed by atoms with Crippen LogP contribution in [0, 0.1) is 0 Å². The third kappa shape index (κ3) is 2.31. The predicted octanol–water partition coefficient (Wildman–Crippen LogP) is 1.90. The van der Waals surface area contributed by atoms with Gasteiger partial charge in [-0.25, -0.2) is 9.97 Å². The second-order valence-corrected chi connectivity index (χ2v) is 4.43. The predicted molar refractivity (Wildman–Crippen MR) is 67.1 cm³/mol. The van der Waals surface area contributed by atoms with E-state index in [0.29, 0.717) is 24.5 Å². The molecule has 0 amide bonds. The Morgan fingerprint density at radius 2 is 2.12 bits per heavy atom. The standard InChI is InChI=1S/C11H12BrN3O/c12-7-3-4-8-9(6-7)14-10(2-1-5-16)15-11(8)13/h3-4,6,16H,1-2,5H2,(H2,13,14,15). The van der Waals surface area contributed by atoms with Gasteiger partial charge in [0, 0.05) is 22.9 Å². The van der Waals surface area contributed by atoms with Gasteiger partial charge < -0.3 is 10.8 Å². The smallest absolute Gasteiger partial charge is 0.135 e. The van der Waals surface area contributed by atoms with Crippen molar-refractivity contribution < 1.29 is 5.11 Å². The molecule has 0 spiro atoms. The molecule has 1 aromatic carbocycles. The fraction of sp³-hybridized carbons (Fsp3) is 0.273. The lowest BCUT2D eigenvalue weighted by molar-refractivity contribution is 0.287. The summed E-state index contributed by atoms with van der Waals surface area (Å²) < 4.78 is 0.964. The van der Waals surface area contributed by atoms with Crippen LogP contribution in [-0.2, 0) is 6.42 Å². The molecule has 0 radical (unpaired) electrons. The Balaban J connectivity index is 2.47. The first-order valence-electron chi connectivity index (χ1n) is 5.03. The van der Waals surface area contributed by atoms with Crippen molar-refractivity contribution in [1.82, 2.24) is 9.97 Å². The van der Waals surface area contributed by atoms with Crippen molar-refractivity contribution in [2.75, 3.05) is 12.3 Å². The van der Waals surface area contributed by atoms with E-state index in [1.807, 2.05) is 18.2 Å². The highest BCUT2D eigenvalue weighted by Crippen LogP contribution is 2.22. The molecule has 5 heteroatoms. The summed E-state index contributed by atoms with van der Waals surface area (Å²) in [5.74, 6) is 1.17. The molecule has 0 aliphatic heterocycles. The molecular formula is C11H12BrN3O. The molecule has 0 saturated heterocycles. The SMILES string of the molecule is Nc1nc(CCCO)nc2cc(Br)ccc12. The molecule has 84 valence electrons. The second-order valence-electron chi connectivity index (χ2n) is 3.51. The minimum absolute atomic E-state index is 0.139. The van der Waals surface area contributed by atoms with E-state index in [1.54, 1.807) is 0 Å². The highest BCUT2D eigenvalue weighted by Gasteiger charge is 2.05. The number of rotatable bonds is 3. The number of hydrogen-bond donors (Lipinski definition) is 2. The molecule has 0 saturated carbocycles. The van der Waals surface area contributed by atoms with E-state index >= 15 is 0 Å². The summed E-state index contributed by atoms with van der Waals surface area (Å²) in [6, 6.07) is 5.72. The Hall–Kier alpha value is -1.20. The van der Waals surface area contributed by atoms with Gasteiger partial charge in [-0.3, -0.25) is 0 Å². The summed E-state index contributed by atoms with van der Waals surface area (Å²) in [7, 11) is 0. The fourth-order valence-corrected chi connectivity index (χ4v) is 1.88. The van der Waals surface area contributed by atoms with Gasteiger partial charge in [0.15, 0.2) is 0 Å². The van der Waals surface area contributed by atoms with Crippen LogP contribution in [-0.4, -0.2) is 21.7 Å². The molecule has 2 aromatic rings. The van der Waals surface area contributed by atoms with Crippen LogP contribution in [0.5, 0.6) is 0 Å². The third-order valence-electron chi connectivity index (χ3n) is 2.29. The number of aryl methyl sites for hydroxylation is 1. The first-order valence-corrected chi connectivity index (χ1v) is 5.82. The summed E-state index contributed by atoms with van der Waals surface area (Å²) in [6.07, 6.45) is 1.29. The first-order chi connectivity index (χ1) is 7.70. The summed E-state index contributed by atoms with van der Waals surface area (Å²) in [4.78, 5) is 8.61. The highest BCUT2D eigenvalue weighted by molar-refractivity contribution is 9.10. The zero-order valence-corrected chi connectivity index (χ0v) is 10.2. The van der Waals surface area contributed by atoms with Crippen molar-refractivity contribution >= 4 is 32.7 Å². The number of fused-ring (bicyclic) bond motifs is 1. The summed E-state index contributed by atoms with van der Waals surface area (Å²) in [6.45, 7) is 0.139. The number of aromatic nitrogens is 2. The lowest BCUT2D eigenvalue weighted by Gasteiger charge is -2.05. The maximum Gasteiger partial charge on any atom is 0.135 e. The quantitative estimate of drug-likeness (QED) is 0.901. The lowest BCUT2D eigenvalue weighted by atomic mass is 10.2. The Morgan fingerprint density at radius 1 is 1.31 bits per heavy atom. The molecule has 0 atom stereocenters. The van der Waals surface area contributed by atoms with Crippen molar-refractivity contribution in [3.63, 3.8) is 0 Å². The molecule has 0 aliphatic rings. The molecule has 0 fully saturated rings. The molecule has 0 aliphatic carbocycles. The third-order valence-corrected chi connectivity index (χ3v) is 2.79. The molecule has 4 nitrogen and oxygen atoms in total. The Morgan fingerprint density at radius 3 is 2.88 bits per heavy atom. The monoisotopic (exact) mass is 281 g/mol. The number of benzene rings is 1. The van der Waals surface area contributed by atoms with Crippen molar-refractivity contribution in [3.05, 3.63) is 28.5 Å². The highest BCUT2D eigenvalue weighted by atomic mass is 79.9. The number of nitrogens with two attached hydrogens (primary N) is 1. The Kier molecular flexibility index (Phi) is 3.36. The molecule has 0 unspecified atom stereocenters. The maximum absolute atomic E-state index is 8.76. The van der Waals surface area contributed by atoms with E-state index < -0.39 is 0 Å².